The Morgan fingerprint density at radius 1 is 0.697 bits per heavy atom. The molecule has 168 valence electrons. The highest BCUT2D eigenvalue weighted by atomic mass is 16.5. The second-order valence-corrected chi connectivity index (χ2v) is 10.2. The molecule has 0 fully saturated rings. The van der Waals surface area contributed by atoms with Crippen molar-refractivity contribution in [2.24, 2.45) is 0 Å². The van der Waals surface area contributed by atoms with Crippen LogP contribution in [0.1, 0.15) is 51.4 Å². The van der Waals surface area contributed by atoms with Crippen LogP contribution >= 0.6 is 0 Å². The molecule has 0 atom stereocenters. The summed E-state index contributed by atoms with van der Waals surface area (Å²) in [6.07, 6.45) is 4.59. The van der Waals surface area contributed by atoms with E-state index >= 15 is 0 Å². The van der Waals surface area contributed by atoms with Crippen molar-refractivity contribution >= 4 is 0 Å². The summed E-state index contributed by atoms with van der Waals surface area (Å²) in [6, 6.07) is 26.8. The maximum absolute atomic E-state index is 6.28. The minimum atomic E-state index is -0.0673. The van der Waals surface area contributed by atoms with Gasteiger partial charge >= 0.3 is 0 Å². The normalized spacial score (nSPS) is 11.9. The molecule has 3 nitrogen and oxygen atoms in total. The third-order valence-corrected chi connectivity index (χ3v) is 5.86. The van der Waals surface area contributed by atoms with Crippen LogP contribution < -0.4 is 4.74 Å². The van der Waals surface area contributed by atoms with Crippen LogP contribution in [0.4, 0.5) is 0 Å². The van der Waals surface area contributed by atoms with E-state index in [4.69, 9.17) is 4.74 Å². The number of benzene rings is 2. The Bertz CT molecular complexity index is 1220. The molecule has 0 unspecified atom stereocenters. The molecule has 0 aliphatic carbocycles. The van der Waals surface area contributed by atoms with Crippen molar-refractivity contribution in [1.82, 2.24) is 9.97 Å². The Balaban J connectivity index is 1.57. The second-order valence-electron chi connectivity index (χ2n) is 10.2. The minimum absolute atomic E-state index is 0.00913. The molecule has 0 saturated heterocycles. The van der Waals surface area contributed by atoms with E-state index in [1.165, 1.54) is 11.1 Å². The third kappa shape index (κ3) is 5.48. The molecule has 0 aliphatic rings. The summed E-state index contributed by atoms with van der Waals surface area (Å²) >= 11 is 0. The van der Waals surface area contributed by atoms with Crippen LogP contribution in [0, 0.1) is 0 Å². The van der Waals surface area contributed by atoms with Crippen LogP contribution in [-0.2, 0) is 17.3 Å². The highest BCUT2D eigenvalue weighted by Crippen LogP contribution is 2.34. The predicted molar refractivity (Wildman–Crippen MR) is 136 cm³/mol. The zero-order valence-electron chi connectivity index (χ0n) is 20.2. The molecule has 33 heavy (non-hydrogen) atoms. The summed E-state index contributed by atoms with van der Waals surface area (Å²) in [5.41, 5.74) is 5.54. The van der Waals surface area contributed by atoms with Crippen LogP contribution in [0.15, 0.2) is 91.3 Å². The molecular weight excluding hydrogens is 404 g/mol. The summed E-state index contributed by atoms with van der Waals surface area (Å²) in [6.45, 7) is 11.1. The van der Waals surface area contributed by atoms with Gasteiger partial charge in [0.2, 0.25) is 0 Å². The molecule has 0 N–H and O–H groups in total. The van der Waals surface area contributed by atoms with Gasteiger partial charge in [0, 0.05) is 29.1 Å². The van der Waals surface area contributed by atoms with E-state index in [1.54, 1.807) is 0 Å². The number of aromatic nitrogens is 2. The Morgan fingerprint density at radius 2 is 1.42 bits per heavy atom. The molecule has 2 heterocycles. The Kier molecular flexibility index (Phi) is 6.33. The van der Waals surface area contributed by atoms with E-state index in [9.17, 15) is 0 Å². The summed E-state index contributed by atoms with van der Waals surface area (Å²) < 4.78 is 6.28. The maximum Gasteiger partial charge on any atom is 0.128 e. The van der Waals surface area contributed by atoms with Crippen LogP contribution in [-0.4, -0.2) is 9.97 Å². The lowest BCUT2D eigenvalue weighted by Crippen LogP contribution is -2.21. The van der Waals surface area contributed by atoms with E-state index < -0.39 is 0 Å². The van der Waals surface area contributed by atoms with Crippen LogP contribution in [0.5, 0.6) is 11.5 Å². The van der Waals surface area contributed by atoms with Gasteiger partial charge in [0.15, 0.2) is 0 Å². The lowest BCUT2D eigenvalue weighted by molar-refractivity contribution is 0.477. The first-order valence-electron chi connectivity index (χ1n) is 11.5. The third-order valence-electron chi connectivity index (χ3n) is 5.86. The Labute approximate surface area is 197 Å². The Hall–Kier alpha value is -3.46. The van der Waals surface area contributed by atoms with E-state index in [-0.39, 0.29) is 10.8 Å². The highest BCUT2D eigenvalue weighted by Gasteiger charge is 2.23. The van der Waals surface area contributed by atoms with Gasteiger partial charge in [-0.1, -0.05) is 71.0 Å². The van der Waals surface area contributed by atoms with Gasteiger partial charge in [-0.2, -0.15) is 0 Å². The lowest BCUT2D eigenvalue weighted by Gasteiger charge is -2.24. The van der Waals surface area contributed by atoms with E-state index in [0.717, 1.165) is 34.9 Å². The van der Waals surface area contributed by atoms with E-state index in [1.807, 2.05) is 48.8 Å². The van der Waals surface area contributed by atoms with Gasteiger partial charge in [0.1, 0.15) is 11.5 Å². The van der Waals surface area contributed by atoms with Gasteiger partial charge in [0.05, 0.1) is 5.69 Å². The van der Waals surface area contributed by atoms with Crippen LogP contribution in [0.25, 0.3) is 11.3 Å². The molecule has 3 heteroatoms. The molecule has 0 amide bonds. The fraction of sp³-hybridized carbons (Fsp3) is 0.267. The molecule has 0 aliphatic heterocycles. The zero-order valence-corrected chi connectivity index (χ0v) is 20.2. The van der Waals surface area contributed by atoms with Crippen molar-refractivity contribution in [2.45, 2.75) is 51.9 Å². The highest BCUT2D eigenvalue weighted by molar-refractivity contribution is 5.66. The van der Waals surface area contributed by atoms with Crippen LogP contribution in [0.2, 0.25) is 0 Å². The summed E-state index contributed by atoms with van der Waals surface area (Å²) in [5.74, 6) is 1.64. The molecule has 2 aromatic heterocycles. The van der Waals surface area contributed by atoms with Crippen molar-refractivity contribution in [3.05, 3.63) is 108 Å². The summed E-state index contributed by atoms with van der Waals surface area (Å²) in [7, 11) is 0. The van der Waals surface area contributed by atoms with E-state index in [2.05, 4.69) is 87.1 Å². The predicted octanol–water partition coefficient (Wildman–Crippen LogP) is 7.75. The fourth-order valence-corrected chi connectivity index (χ4v) is 4.17. The molecule has 2 aromatic carbocycles. The van der Waals surface area contributed by atoms with Gasteiger partial charge < -0.3 is 4.74 Å². The molecule has 0 saturated carbocycles. The van der Waals surface area contributed by atoms with Crippen LogP contribution in [0.3, 0.4) is 0 Å². The number of pyridine rings is 2. The first kappa shape index (κ1) is 22.7. The Morgan fingerprint density at radius 3 is 2.15 bits per heavy atom. The molecule has 4 aromatic rings. The topological polar surface area (TPSA) is 35.0 Å². The van der Waals surface area contributed by atoms with Crippen molar-refractivity contribution in [3.8, 4) is 22.8 Å². The van der Waals surface area contributed by atoms with E-state index in [0.29, 0.717) is 0 Å². The first-order chi connectivity index (χ1) is 15.7. The van der Waals surface area contributed by atoms with Crippen molar-refractivity contribution in [3.63, 3.8) is 0 Å². The van der Waals surface area contributed by atoms with Crippen molar-refractivity contribution in [1.29, 1.82) is 0 Å². The second kappa shape index (κ2) is 9.19. The number of nitrogens with zero attached hydrogens (tertiary/aromatic N) is 2. The minimum Gasteiger partial charge on any atom is -0.457 e. The largest absolute Gasteiger partial charge is 0.457 e. The smallest absolute Gasteiger partial charge is 0.128 e. The molecule has 0 radical (unpaired) electrons. The number of hydrogen-bond donors (Lipinski definition) is 0. The quantitative estimate of drug-likeness (QED) is 0.310. The number of rotatable bonds is 6. The SMILES string of the molecule is CC(C)(C)c1cccnc1-c1cccc(Oc2cccc(CC(C)(C)c3ccccn3)c2)c1. The number of hydrogen-bond acceptors (Lipinski definition) is 3. The maximum atomic E-state index is 6.28. The van der Waals surface area contributed by atoms with Gasteiger partial charge in [-0.05, 0) is 65.4 Å². The monoisotopic (exact) mass is 436 g/mol. The molecule has 0 bridgehead atoms. The summed E-state index contributed by atoms with van der Waals surface area (Å²) in [5, 5.41) is 0. The van der Waals surface area contributed by atoms with Crippen molar-refractivity contribution in [2.75, 3.05) is 0 Å². The van der Waals surface area contributed by atoms with Crippen molar-refractivity contribution < 1.29 is 4.74 Å². The summed E-state index contributed by atoms with van der Waals surface area (Å²) in [4.78, 5) is 9.25. The average molecular weight is 437 g/mol. The van der Waals surface area contributed by atoms with Gasteiger partial charge in [-0.25, -0.2) is 0 Å². The van der Waals surface area contributed by atoms with Gasteiger partial charge in [0.25, 0.3) is 0 Å². The average Bonchev–Trinajstić information content (AvgIpc) is 2.79. The molecular formula is C30H32N2O. The zero-order chi connectivity index (χ0) is 23.5. The fourth-order valence-electron chi connectivity index (χ4n) is 4.17. The number of ether oxygens (including phenoxy) is 1. The lowest BCUT2D eigenvalue weighted by atomic mass is 9.82. The first-order valence-corrected chi connectivity index (χ1v) is 11.5. The standard InChI is InChI=1S/C30H32N2O/c1-29(2,3)26-15-10-18-32-28(26)23-12-9-14-25(20-23)33-24-13-8-11-22(19-24)21-30(4,5)27-16-6-7-17-31-27/h6-20H,21H2,1-5H3. The molecule has 4 rings (SSSR count). The van der Waals surface area contributed by atoms with Gasteiger partial charge in [-0.3, -0.25) is 9.97 Å². The van der Waals surface area contributed by atoms with Gasteiger partial charge in [-0.15, -0.1) is 0 Å². The molecule has 0 spiro atoms.